The second-order valence-electron chi connectivity index (χ2n) is 5.05. The standard InChI is InChI=1S/C15H20N2O/c1-4-5-6-14-16-13-8-7-11(10(2)3)9-12(13)15(18)17-14/h7-10H,4-6H2,1-3H3,(H,16,17,18). The Balaban J connectivity index is 2.48. The zero-order chi connectivity index (χ0) is 13.1. The van der Waals surface area contributed by atoms with Gasteiger partial charge in [-0.2, -0.15) is 0 Å². The summed E-state index contributed by atoms with van der Waals surface area (Å²) in [4.78, 5) is 19.4. The van der Waals surface area contributed by atoms with Crippen LogP contribution in [0, 0.1) is 0 Å². The lowest BCUT2D eigenvalue weighted by molar-refractivity contribution is 0.753. The maximum atomic E-state index is 12.0. The Labute approximate surface area is 107 Å². The van der Waals surface area contributed by atoms with Crippen LogP contribution in [0.2, 0.25) is 0 Å². The maximum absolute atomic E-state index is 12.0. The minimum absolute atomic E-state index is 0.0198. The molecule has 0 aliphatic carbocycles. The second kappa shape index (κ2) is 5.34. The third kappa shape index (κ3) is 2.61. The topological polar surface area (TPSA) is 45.8 Å². The minimum Gasteiger partial charge on any atom is -0.310 e. The molecule has 96 valence electrons. The van der Waals surface area contributed by atoms with E-state index in [9.17, 15) is 4.79 Å². The van der Waals surface area contributed by atoms with Crippen LogP contribution in [-0.4, -0.2) is 9.97 Å². The first kappa shape index (κ1) is 12.8. The van der Waals surface area contributed by atoms with Gasteiger partial charge in [0.25, 0.3) is 5.56 Å². The number of unbranched alkanes of at least 4 members (excludes halogenated alkanes) is 1. The highest BCUT2D eigenvalue weighted by atomic mass is 16.1. The van der Waals surface area contributed by atoms with E-state index in [4.69, 9.17) is 0 Å². The molecule has 0 amide bonds. The van der Waals surface area contributed by atoms with Crippen molar-refractivity contribution in [2.45, 2.75) is 46.0 Å². The number of H-pyrrole nitrogens is 1. The molecule has 0 fully saturated rings. The number of nitrogens with one attached hydrogen (secondary N) is 1. The summed E-state index contributed by atoms with van der Waals surface area (Å²) in [7, 11) is 0. The quantitative estimate of drug-likeness (QED) is 0.896. The largest absolute Gasteiger partial charge is 0.310 e. The van der Waals surface area contributed by atoms with Crippen LogP contribution in [0.25, 0.3) is 10.9 Å². The number of hydrogen-bond acceptors (Lipinski definition) is 2. The summed E-state index contributed by atoms with van der Waals surface area (Å²) in [5.41, 5.74) is 1.96. The smallest absolute Gasteiger partial charge is 0.258 e. The molecule has 0 unspecified atom stereocenters. The third-order valence-corrected chi connectivity index (χ3v) is 3.21. The third-order valence-electron chi connectivity index (χ3n) is 3.21. The second-order valence-corrected chi connectivity index (χ2v) is 5.05. The van der Waals surface area contributed by atoms with Gasteiger partial charge in [0.1, 0.15) is 5.82 Å². The summed E-state index contributed by atoms with van der Waals surface area (Å²) in [5, 5.41) is 0.696. The molecule has 1 aromatic heterocycles. The first-order chi connectivity index (χ1) is 8.61. The fourth-order valence-corrected chi connectivity index (χ4v) is 2.03. The number of aromatic amines is 1. The summed E-state index contributed by atoms with van der Waals surface area (Å²) < 4.78 is 0. The highest BCUT2D eigenvalue weighted by Gasteiger charge is 2.06. The van der Waals surface area contributed by atoms with E-state index in [2.05, 4.69) is 36.8 Å². The highest BCUT2D eigenvalue weighted by Crippen LogP contribution is 2.18. The molecule has 0 aliphatic rings. The molecule has 0 atom stereocenters. The molecule has 0 bridgehead atoms. The van der Waals surface area contributed by atoms with Gasteiger partial charge in [0.05, 0.1) is 10.9 Å². The molecular formula is C15H20N2O. The van der Waals surface area contributed by atoms with E-state index in [1.54, 1.807) is 0 Å². The van der Waals surface area contributed by atoms with Gasteiger partial charge < -0.3 is 4.98 Å². The average molecular weight is 244 g/mol. The fraction of sp³-hybridized carbons (Fsp3) is 0.467. The van der Waals surface area contributed by atoms with Crippen LogP contribution in [0.4, 0.5) is 0 Å². The predicted octanol–water partition coefficient (Wildman–Crippen LogP) is 3.39. The molecule has 0 aliphatic heterocycles. The first-order valence-corrected chi connectivity index (χ1v) is 6.64. The van der Waals surface area contributed by atoms with Gasteiger partial charge in [-0.3, -0.25) is 4.79 Å². The molecule has 0 saturated heterocycles. The molecule has 0 spiro atoms. The Morgan fingerprint density at radius 1 is 1.33 bits per heavy atom. The van der Waals surface area contributed by atoms with Crippen molar-refractivity contribution in [1.29, 1.82) is 0 Å². The summed E-state index contributed by atoms with van der Waals surface area (Å²) in [6.45, 7) is 6.38. The summed E-state index contributed by atoms with van der Waals surface area (Å²) >= 11 is 0. The first-order valence-electron chi connectivity index (χ1n) is 6.64. The van der Waals surface area contributed by atoms with E-state index >= 15 is 0 Å². The van der Waals surface area contributed by atoms with Gasteiger partial charge in [0.2, 0.25) is 0 Å². The van der Waals surface area contributed by atoms with Crippen molar-refractivity contribution in [2.24, 2.45) is 0 Å². The van der Waals surface area contributed by atoms with Crippen molar-refractivity contribution in [3.05, 3.63) is 39.9 Å². The van der Waals surface area contributed by atoms with E-state index in [-0.39, 0.29) is 5.56 Å². The number of hydrogen-bond donors (Lipinski definition) is 1. The van der Waals surface area contributed by atoms with Crippen molar-refractivity contribution in [2.75, 3.05) is 0 Å². The highest BCUT2D eigenvalue weighted by molar-refractivity contribution is 5.78. The van der Waals surface area contributed by atoms with E-state index < -0.39 is 0 Å². The van der Waals surface area contributed by atoms with Crippen molar-refractivity contribution in [3.63, 3.8) is 0 Å². The van der Waals surface area contributed by atoms with Crippen LogP contribution < -0.4 is 5.56 Å². The lowest BCUT2D eigenvalue weighted by Gasteiger charge is -2.07. The van der Waals surface area contributed by atoms with Crippen molar-refractivity contribution < 1.29 is 0 Å². The Kier molecular flexibility index (Phi) is 3.80. The normalized spacial score (nSPS) is 11.3. The molecule has 1 aromatic carbocycles. The van der Waals surface area contributed by atoms with E-state index in [1.807, 2.05) is 12.1 Å². The molecular weight excluding hydrogens is 224 g/mol. The predicted molar refractivity (Wildman–Crippen MR) is 75.1 cm³/mol. The fourth-order valence-electron chi connectivity index (χ4n) is 2.03. The van der Waals surface area contributed by atoms with Crippen LogP contribution in [0.15, 0.2) is 23.0 Å². The van der Waals surface area contributed by atoms with Gasteiger partial charge >= 0.3 is 0 Å². The Bertz CT molecular complexity index is 599. The maximum Gasteiger partial charge on any atom is 0.258 e. The van der Waals surface area contributed by atoms with Crippen LogP contribution in [0.5, 0.6) is 0 Å². The van der Waals surface area contributed by atoms with Gasteiger partial charge in [-0.15, -0.1) is 0 Å². The molecule has 1 heterocycles. The van der Waals surface area contributed by atoms with Gasteiger partial charge in [-0.05, 0) is 30.0 Å². The molecule has 3 nitrogen and oxygen atoms in total. The van der Waals surface area contributed by atoms with E-state index in [0.29, 0.717) is 11.3 Å². The Morgan fingerprint density at radius 3 is 2.78 bits per heavy atom. The molecule has 1 N–H and O–H groups in total. The molecule has 0 saturated carbocycles. The van der Waals surface area contributed by atoms with Gasteiger partial charge in [-0.25, -0.2) is 4.98 Å². The van der Waals surface area contributed by atoms with Crippen LogP contribution in [0.1, 0.15) is 50.9 Å². The summed E-state index contributed by atoms with van der Waals surface area (Å²) in [5.74, 6) is 1.22. The minimum atomic E-state index is -0.0198. The van der Waals surface area contributed by atoms with Crippen LogP contribution in [0.3, 0.4) is 0 Å². The van der Waals surface area contributed by atoms with Crippen molar-refractivity contribution in [3.8, 4) is 0 Å². The zero-order valence-electron chi connectivity index (χ0n) is 11.3. The number of aryl methyl sites for hydroxylation is 1. The van der Waals surface area contributed by atoms with Crippen LogP contribution >= 0.6 is 0 Å². The van der Waals surface area contributed by atoms with Crippen LogP contribution in [-0.2, 0) is 6.42 Å². The lowest BCUT2D eigenvalue weighted by atomic mass is 10.0. The summed E-state index contributed by atoms with van der Waals surface area (Å²) in [6.07, 6.45) is 3.00. The van der Waals surface area contributed by atoms with E-state index in [0.717, 1.165) is 30.6 Å². The molecule has 0 radical (unpaired) electrons. The molecule has 18 heavy (non-hydrogen) atoms. The number of rotatable bonds is 4. The molecule has 2 aromatic rings. The van der Waals surface area contributed by atoms with Gasteiger partial charge in [0.15, 0.2) is 0 Å². The molecule has 3 heteroatoms. The zero-order valence-corrected chi connectivity index (χ0v) is 11.3. The lowest BCUT2D eigenvalue weighted by Crippen LogP contribution is -2.12. The van der Waals surface area contributed by atoms with Crippen molar-refractivity contribution in [1.82, 2.24) is 9.97 Å². The SMILES string of the molecule is CCCCc1nc2ccc(C(C)C)cc2c(=O)[nH]1. The molecule has 2 rings (SSSR count). The Hall–Kier alpha value is -1.64. The monoisotopic (exact) mass is 244 g/mol. The number of aromatic nitrogens is 2. The Morgan fingerprint density at radius 2 is 2.11 bits per heavy atom. The number of nitrogens with zero attached hydrogens (tertiary/aromatic N) is 1. The summed E-state index contributed by atoms with van der Waals surface area (Å²) in [6, 6.07) is 5.97. The van der Waals surface area contributed by atoms with Gasteiger partial charge in [-0.1, -0.05) is 33.3 Å². The number of benzene rings is 1. The number of fused-ring (bicyclic) bond motifs is 1. The van der Waals surface area contributed by atoms with Gasteiger partial charge in [0, 0.05) is 6.42 Å². The van der Waals surface area contributed by atoms with E-state index in [1.165, 1.54) is 5.56 Å². The van der Waals surface area contributed by atoms with Crippen molar-refractivity contribution >= 4 is 10.9 Å². The average Bonchev–Trinajstić information content (AvgIpc) is 2.36.